The topological polar surface area (TPSA) is 66.9 Å². The standard InChI is InChI=1S/C19H17BrN4O/c1-12-5-3-4-6-15(12)23-19-21-10-9-17(24-19)18(25)22-16-8-7-14(20)11-13(16)2/h3-11H,1-2H3,(H,22,25)(H,21,23,24). The van der Waals surface area contributed by atoms with Crippen molar-refractivity contribution in [3.8, 4) is 0 Å². The lowest BCUT2D eigenvalue weighted by Crippen LogP contribution is -2.15. The molecule has 5 nitrogen and oxygen atoms in total. The van der Waals surface area contributed by atoms with Crippen molar-refractivity contribution in [1.82, 2.24) is 9.97 Å². The molecule has 126 valence electrons. The van der Waals surface area contributed by atoms with Gasteiger partial charge in [0.15, 0.2) is 0 Å². The average Bonchev–Trinajstić information content (AvgIpc) is 2.60. The monoisotopic (exact) mass is 396 g/mol. The van der Waals surface area contributed by atoms with Crippen LogP contribution in [0.2, 0.25) is 0 Å². The molecular weight excluding hydrogens is 380 g/mol. The van der Waals surface area contributed by atoms with E-state index in [9.17, 15) is 4.79 Å². The number of carbonyl (C=O) groups is 1. The molecular formula is C19H17BrN4O. The van der Waals surface area contributed by atoms with Crippen molar-refractivity contribution < 1.29 is 4.79 Å². The molecule has 1 amide bonds. The molecule has 0 aliphatic rings. The van der Waals surface area contributed by atoms with Crippen molar-refractivity contribution in [1.29, 1.82) is 0 Å². The van der Waals surface area contributed by atoms with E-state index in [0.717, 1.165) is 27.0 Å². The molecule has 0 spiro atoms. The molecule has 3 aromatic rings. The number of hydrogen-bond donors (Lipinski definition) is 2. The number of carbonyl (C=O) groups excluding carboxylic acids is 1. The van der Waals surface area contributed by atoms with Crippen LogP contribution in [0.5, 0.6) is 0 Å². The number of para-hydroxylation sites is 1. The highest BCUT2D eigenvalue weighted by molar-refractivity contribution is 9.10. The maximum atomic E-state index is 12.5. The molecule has 2 N–H and O–H groups in total. The summed E-state index contributed by atoms with van der Waals surface area (Å²) in [7, 11) is 0. The minimum atomic E-state index is -0.277. The number of nitrogens with zero attached hydrogens (tertiary/aromatic N) is 2. The van der Waals surface area contributed by atoms with E-state index in [1.54, 1.807) is 12.3 Å². The molecule has 25 heavy (non-hydrogen) atoms. The number of amides is 1. The second-order valence-corrected chi connectivity index (χ2v) is 6.53. The summed E-state index contributed by atoms with van der Waals surface area (Å²) in [6, 6.07) is 15.1. The smallest absolute Gasteiger partial charge is 0.274 e. The van der Waals surface area contributed by atoms with E-state index >= 15 is 0 Å². The number of rotatable bonds is 4. The molecule has 1 heterocycles. The van der Waals surface area contributed by atoms with Crippen LogP contribution >= 0.6 is 15.9 Å². The van der Waals surface area contributed by atoms with E-state index in [0.29, 0.717) is 11.6 Å². The molecule has 2 aromatic carbocycles. The van der Waals surface area contributed by atoms with Crippen molar-refractivity contribution in [2.24, 2.45) is 0 Å². The van der Waals surface area contributed by atoms with Crippen LogP contribution in [0.4, 0.5) is 17.3 Å². The SMILES string of the molecule is Cc1cc(Br)ccc1NC(=O)c1ccnc(Nc2ccccc2C)n1. The number of benzene rings is 2. The summed E-state index contributed by atoms with van der Waals surface area (Å²) in [5.74, 6) is 0.107. The van der Waals surface area contributed by atoms with Crippen LogP contribution in [0.25, 0.3) is 0 Å². The third-order valence-corrected chi connectivity index (χ3v) is 4.21. The number of halogens is 1. The molecule has 0 saturated heterocycles. The Hall–Kier alpha value is -2.73. The quantitative estimate of drug-likeness (QED) is 0.661. The van der Waals surface area contributed by atoms with Crippen molar-refractivity contribution in [2.75, 3.05) is 10.6 Å². The lowest BCUT2D eigenvalue weighted by molar-refractivity contribution is 0.102. The van der Waals surface area contributed by atoms with E-state index in [2.05, 4.69) is 36.5 Å². The Morgan fingerprint density at radius 3 is 2.56 bits per heavy atom. The van der Waals surface area contributed by atoms with Gasteiger partial charge in [-0.3, -0.25) is 4.79 Å². The fraction of sp³-hybridized carbons (Fsp3) is 0.105. The van der Waals surface area contributed by atoms with E-state index < -0.39 is 0 Å². The van der Waals surface area contributed by atoms with Crippen LogP contribution in [-0.4, -0.2) is 15.9 Å². The van der Waals surface area contributed by atoms with Crippen molar-refractivity contribution in [3.05, 3.63) is 76.0 Å². The van der Waals surface area contributed by atoms with Crippen LogP contribution in [0.15, 0.2) is 59.2 Å². The van der Waals surface area contributed by atoms with E-state index in [-0.39, 0.29) is 5.91 Å². The summed E-state index contributed by atoms with van der Waals surface area (Å²) in [5, 5.41) is 6.02. The van der Waals surface area contributed by atoms with Gasteiger partial charge in [0.25, 0.3) is 5.91 Å². The summed E-state index contributed by atoms with van der Waals surface area (Å²) in [6.07, 6.45) is 1.57. The number of aromatic nitrogens is 2. The summed E-state index contributed by atoms with van der Waals surface area (Å²) in [4.78, 5) is 21.0. The van der Waals surface area contributed by atoms with Gasteiger partial charge in [0.05, 0.1) is 0 Å². The number of hydrogen-bond acceptors (Lipinski definition) is 4. The first-order valence-corrected chi connectivity index (χ1v) is 8.55. The maximum Gasteiger partial charge on any atom is 0.274 e. The van der Waals surface area contributed by atoms with Crippen molar-refractivity contribution in [3.63, 3.8) is 0 Å². The average molecular weight is 397 g/mol. The minimum absolute atomic E-state index is 0.277. The summed E-state index contributed by atoms with van der Waals surface area (Å²) < 4.78 is 0.967. The largest absolute Gasteiger partial charge is 0.324 e. The van der Waals surface area contributed by atoms with Crippen LogP contribution in [-0.2, 0) is 0 Å². The third-order valence-electron chi connectivity index (χ3n) is 3.72. The number of anilines is 3. The molecule has 1 aromatic heterocycles. The zero-order valence-electron chi connectivity index (χ0n) is 13.9. The Labute approximate surface area is 154 Å². The molecule has 0 fully saturated rings. The van der Waals surface area contributed by atoms with Crippen molar-refractivity contribution >= 4 is 39.2 Å². The number of aryl methyl sites for hydroxylation is 2. The van der Waals surface area contributed by atoms with Gasteiger partial charge < -0.3 is 10.6 Å². The minimum Gasteiger partial charge on any atom is -0.324 e. The van der Waals surface area contributed by atoms with Gasteiger partial charge in [-0.25, -0.2) is 9.97 Å². The fourth-order valence-electron chi connectivity index (χ4n) is 2.33. The Morgan fingerprint density at radius 2 is 1.80 bits per heavy atom. The molecule has 0 aliphatic heterocycles. The summed E-state index contributed by atoms with van der Waals surface area (Å²) in [5.41, 5.74) is 4.00. The molecule has 0 bridgehead atoms. The van der Waals surface area contributed by atoms with Gasteiger partial charge in [0.2, 0.25) is 5.95 Å². The summed E-state index contributed by atoms with van der Waals surface area (Å²) >= 11 is 3.41. The highest BCUT2D eigenvalue weighted by Gasteiger charge is 2.11. The van der Waals surface area contributed by atoms with Crippen LogP contribution in [0, 0.1) is 13.8 Å². The van der Waals surface area contributed by atoms with Gasteiger partial charge in [0, 0.05) is 22.0 Å². The molecule has 0 unspecified atom stereocenters. The highest BCUT2D eigenvalue weighted by Crippen LogP contribution is 2.21. The third kappa shape index (κ3) is 4.22. The fourth-order valence-corrected chi connectivity index (χ4v) is 2.81. The zero-order chi connectivity index (χ0) is 17.8. The highest BCUT2D eigenvalue weighted by atomic mass is 79.9. The molecule has 0 aliphatic carbocycles. The van der Waals surface area contributed by atoms with E-state index in [1.165, 1.54) is 0 Å². The van der Waals surface area contributed by atoms with Gasteiger partial charge >= 0.3 is 0 Å². The molecule has 6 heteroatoms. The Kier molecular flexibility index (Phi) is 5.09. The van der Waals surface area contributed by atoms with Crippen LogP contribution in [0.3, 0.4) is 0 Å². The molecule has 0 radical (unpaired) electrons. The Bertz CT molecular complexity index is 927. The molecule has 0 saturated carbocycles. The van der Waals surface area contributed by atoms with Gasteiger partial charge in [-0.05, 0) is 55.3 Å². The lowest BCUT2D eigenvalue weighted by Gasteiger charge is -2.10. The van der Waals surface area contributed by atoms with Crippen molar-refractivity contribution in [2.45, 2.75) is 13.8 Å². The van der Waals surface area contributed by atoms with Gasteiger partial charge in [-0.1, -0.05) is 34.1 Å². The first kappa shape index (κ1) is 17.1. The molecule has 3 rings (SSSR count). The Morgan fingerprint density at radius 1 is 1.00 bits per heavy atom. The van der Waals surface area contributed by atoms with Gasteiger partial charge in [-0.15, -0.1) is 0 Å². The predicted octanol–water partition coefficient (Wildman–Crippen LogP) is 4.85. The normalized spacial score (nSPS) is 10.4. The zero-order valence-corrected chi connectivity index (χ0v) is 15.5. The first-order valence-electron chi connectivity index (χ1n) is 7.76. The van der Waals surface area contributed by atoms with E-state index in [1.807, 2.05) is 56.3 Å². The maximum absolute atomic E-state index is 12.5. The predicted molar refractivity (Wildman–Crippen MR) is 103 cm³/mol. The lowest BCUT2D eigenvalue weighted by atomic mass is 10.2. The van der Waals surface area contributed by atoms with Crippen LogP contribution < -0.4 is 10.6 Å². The van der Waals surface area contributed by atoms with Gasteiger partial charge in [0.1, 0.15) is 5.69 Å². The Balaban J connectivity index is 1.79. The number of nitrogens with one attached hydrogen (secondary N) is 2. The summed E-state index contributed by atoms with van der Waals surface area (Å²) in [6.45, 7) is 3.93. The molecule has 0 atom stereocenters. The second kappa shape index (κ2) is 7.44. The van der Waals surface area contributed by atoms with Crippen LogP contribution in [0.1, 0.15) is 21.6 Å². The van der Waals surface area contributed by atoms with E-state index in [4.69, 9.17) is 0 Å². The second-order valence-electron chi connectivity index (χ2n) is 5.62. The first-order chi connectivity index (χ1) is 12.0. The van der Waals surface area contributed by atoms with Gasteiger partial charge in [-0.2, -0.15) is 0 Å².